The number of methoxy groups -OCH3 is 1. The molecule has 2 atom stereocenters. The lowest BCUT2D eigenvalue weighted by Gasteiger charge is -2.37. The van der Waals surface area contributed by atoms with Crippen molar-refractivity contribution in [1.82, 2.24) is 4.90 Å². The van der Waals surface area contributed by atoms with Crippen LogP contribution in [0.15, 0.2) is 24.3 Å². The van der Waals surface area contributed by atoms with Crippen LogP contribution in [0.1, 0.15) is 18.4 Å². The van der Waals surface area contributed by atoms with E-state index < -0.39 is 0 Å². The lowest BCUT2D eigenvalue weighted by molar-refractivity contribution is 0.0135. The van der Waals surface area contributed by atoms with Crippen molar-refractivity contribution < 1.29 is 9.47 Å². The molecule has 1 aromatic rings. The normalized spacial score (nSPS) is 19.9. The molecule has 4 nitrogen and oxygen atoms in total. The second-order valence-corrected chi connectivity index (χ2v) is 4.98. The number of hydrogen-bond acceptors (Lipinski definition) is 4. The van der Waals surface area contributed by atoms with Crippen molar-refractivity contribution in [2.45, 2.75) is 18.9 Å². The summed E-state index contributed by atoms with van der Waals surface area (Å²) < 4.78 is 10.9. The molecule has 0 bridgehead atoms. The summed E-state index contributed by atoms with van der Waals surface area (Å²) in [4.78, 5) is 2.43. The van der Waals surface area contributed by atoms with E-state index in [0.29, 0.717) is 18.5 Å². The molecule has 4 heteroatoms. The molecule has 1 saturated heterocycles. The summed E-state index contributed by atoms with van der Waals surface area (Å²) in [6.45, 7) is 6.40. The van der Waals surface area contributed by atoms with E-state index in [1.165, 1.54) is 5.56 Å². The van der Waals surface area contributed by atoms with Crippen molar-refractivity contribution in [3.05, 3.63) is 29.8 Å². The number of morpholine rings is 1. The van der Waals surface area contributed by atoms with Gasteiger partial charge in [0, 0.05) is 31.6 Å². The molecule has 1 aliphatic rings. The predicted octanol–water partition coefficient (Wildman–Crippen LogP) is 1.46. The molecule has 2 N–H and O–H groups in total. The van der Waals surface area contributed by atoms with Crippen molar-refractivity contribution >= 4 is 0 Å². The van der Waals surface area contributed by atoms with E-state index in [9.17, 15) is 0 Å². The fourth-order valence-electron chi connectivity index (χ4n) is 2.83. The number of rotatable bonds is 5. The SMILES string of the molecule is COc1ccccc1C(C)C(CN)N1CCOCC1. The third kappa shape index (κ3) is 3.26. The van der Waals surface area contributed by atoms with Gasteiger partial charge < -0.3 is 15.2 Å². The highest BCUT2D eigenvalue weighted by Crippen LogP contribution is 2.30. The van der Waals surface area contributed by atoms with Gasteiger partial charge in [-0.15, -0.1) is 0 Å². The summed E-state index contributed by atoms with van der Waals surface area (Å²) in [5.41, 5.74) is 7.24. The minimum Gasteiger partial charge on any atom is -0.496 e. The van der Waals surface area contributed by atoms with Crippen molar-refractivity contribution in [3.63, 3.8) is 0 Å². The number of para-hydroxylation sites is 1. The lowest BCUT2D eigenvalue weighted by atomic mass is 9.91. The quantitative estimate of drug-likeness (QED) is 0.874. The molecule has 1 fully saturated rings. The van der Waals surface area contributed by atoms with Crippen molar-refractivity contribution in [2.75, 3.05) is 40.0 Å². The summed E-state index contributed by atoms with van der Waals surface area (Å²) in [5, 5.41) is 0. The van der Waals surface area contributed by atoms with E-state index in [1.54, 1.807) is 7.11 Å². The Morgan fingerprint density at radius 2 is 2.00 bits per heavy atom. The van der Waals surface area contributed by atoms with Crippen molar-refractivity contribution in [3.8, 4) is 5.75 Å². The summed E-state index contributed by atoms with van der Waals surface area (Å²) in [5.74, 6) is 1.29. The Hall–Kier alpha value is -1.10. The van der Waals surface area contributed by atoms with Gasteiger partial charge in [-0.2, -0.15) is 0 Å². The van der Waals surface area contributed by atoms with Gasteiger partial charge in [-0.05, 0) is 11.6 Å². The van der Waals surface area contributed by atoms with Crippen LogP contribution in [0.4, 0.5) is 0 Å². The van der Waals surface area contributed by atoms with Gasteiger partial charge in [-0.25, -0.2) is 0 Å². The van der Waals surface area contributed by atoms with Crippen LogP contribution in [0, 0.1) is 0 Å². The summed E-state index contributed by atoms with van der Waals surface area (Å²) in [6, 6.07) is 8.54. The smallest absolute Gasteiger partial charge is 0.122 e. The summed E-state index contributed by atoms with van der Waals surface area (Å²) >= 11 is 0. The Bertz CT molecular complexity index is 391. The predicted molar refractivity (Wildman–Crippen MR) is 76.6 cm³/mol. The molecule has 0 saturated carbocycles. The van der Waals surface area contributed by atoms with E-state index in [-0.39, 0.29) is 0 Å². The van der Waals surface area contributed by atoms with Gasteiger partial charge in [0.05, 0.1) is 20.3 Å². The number of benzene rings is 1. The number of hydrogen-bond donors (Lipinski definition) is 1. The maximum atomic E-state index is 6.01. The van der Waals surface area contributed by atoms with Gasteiger partial charge in [0.2, 0.25) is 0 Å². The number of nitrogens with zero attached hydrogens (tertiary/aromatic N) is 1. The molecule has 1 aromatic carbocycles. The fourth-order valence-corrected chi connectivity index (χ4v) is 2.83. The van der Waals surface area contributed by atoms with E-state index in [0.717, 1.165) is 32.1 Å². The van der Waals surface area contributed by atoms with E-state index in [4.69, 9.17) is 15.2 Å². The molecular weight excluding hydrogens is 240 g/mol. The molecule has 2 rings (SSSR count). The molecule has 0 radical (unpaired) electrons. The fraction of sp³-hybridized carbons (Fsp3) is 0.600. The Labute approximate surface area is 115 Å². The van der Waals surface area contributed by atoms with Crippen LogP contribution >= 0.6 is 0 Å². The number of nitrogens with two attached hydrogens (primary N) is 1. The zero-order chi connectivity index (χ0) is 13.7. The molecule has 1 heterocycles. The first-order chi connectivity index (χ1) is 9.27. The lowest BCUT2D eigenvalue weighted by Crippen LogP contribution is -2.49. The highest BCUT2D eigenvalue weighted by Gasteiger charge is 2.27. The monoisotopic (exact) mass is 264 g/mol. The zero-order valence-corrected chi connectivity index (χ0v) is 11.8. The van der Waals surface area contributed by atoms with Crippen LogP contribution in [0.25, 0.3) is 0 Å². The maximum absolute atomic E-state index is 6.01. The highest BCUT2D eigenvalue weighted by atomic mass is 16.5. The first-order valence-corrected chi connectivity index (χ1v) is 6.92. The van der Waals surface area contributed by atoms with Gasteiger partial charge in [0.1, 0.15) is 5.75 Å². The van der Waals surface area contributed by atoms with Crippen LogP contribution < -0.4 is 10.5 Å². The third-order valence-corrected chi connectivity index (χ3v) is 3.96. The summed E-state index contributed by atoms with van der Waals surface area (Å²) in [7, 11) is 1.72. The first-order valence-electron chi connectivity index (χ1n) is 6.92. The zero-order valence-electron chi connectivity index (χ0n) is 11.8. The maximum Gasteiger partial charge on any atom is 0.122 e. The van der Waals surface area contributed by atoms with E-state index in [1.807, 2.05) is 12.1 Å². The van der Waals surface area contributed by atoms with Gasteiger partial charge in [-0.3, -0.25) is 4.90 Å². The molecule has 106 valence electrons. The number of ether oxygens (including phenoxy) is 2. The molecular formula is C15H24N2O2. The largest absolute Gasteiger partial charge is 0.496 e. The van der Waals surface area contributed by atoms with Crippen LogP contribution in [0.2, 0.25) is 0 Å². The van der Waals surface area contributed by atoms with Crippen LogP contribution in [0.3, 0.4) is 0 Å². The molecule has 0 spiro atoms. The minimum absolute atomic E-state index is 0.334. The summed E-state index contributed by atoms with van der Waals surface area (Å²) in [6.07, 6.45) is 0. The van der Waals surface area contributed by atoms with Crippen LogP contribution in [0.5, 0.6) is 5.75 Å². The Morgan fingerprint density at radius 1 is 1.32 bits per heavy atom. The molecule has 0 amide bonds. The standard InChI is InChI=1S/C15H24N2O2/c1-12(13-5-3-4-6-15(13)18-2)14(11-16)17-7-9-19-10-8-17/h3-6,12,14H,7-11,16H2,1-2H3. The van der Waals surface area contributed by atoms with Crippen LogP contribution in [-0.4, -0.2) is 50.9 Å². The molecule has 19 heavy (non-hydrogen) atoms. The molecule has 2 unspecified atom stereocenters. The molecule has 1 aliphatic heterocycles. The van der Waals surface area contributed by atoms with Gasteiger partial charge in [0.15, 0.2) is 0 Å². The molecule has 0 aromatic heterocycles. The first kappa shape index (κ1) is 14.3. The Morgan fingerprint density at radius 3 is 2.63 bits per heavy atom. The average Bonchev–Trinajstić information content (AvgIpc) is 2.49. The second-order valence-electron chi connectivity index (χ2n) is 4.98. The average molecular weight is 264 g/mol. The van der Waals surface area contributed by atoms with Gasteiger partial charge >= 0.3 is 0 Å². The van der Waals surface area contributed by atoms with E-state index in [2.05, 4.69) is 24.0 Å². The Balaban J connectivity index is 2.17. The Kier molecular flexibility index (Phi) is 5.19. The molecule has 0 aliphatic carbocycles. The third-order valence-electron chi connectivity index (χ3n) is 3.96. The van der Waals surface area contributed by atoms with Crippen LogP contribution in [-0.2, 0) is 4.74 Å². The van der Waals surface area contributed by atoms with Crippen molar-refractivity contribution in [1.29, 1.82) is 0 Å². The van der Waals surface area contributed by atoms with Crippen molar-refractivity contribution in [2.24, 2.45) is 5.73 Å². The second kappa shape index (κ2) is 6.89. The minimum atomic E-state index is 0.334. The van der Waals surface area contributed by atoms with Gasteiger partial charge in [0.25, 0.3) is 0 Å². The van der Waals surface area contributed by atoms with Gasteiger partial charge in [-0.1, -0.05) is 25.1 Å². The highest BCUT2D eigenvalue weighted by molar-refractivity contribution is 5.36. The van der Waals surface area contributed by atoms with E-state index >= 15 is 0 Å². The topological polar surface area (TPSA) is 47.7 Å².